The molecule has 0 bridgehead atoms. The predicted octanol–water partition coefficient (Wildman–Crippen LogP) is 4.40. The van der Waals surface area contributed by atoms with Crippen LogP contribution in [0.3, 0.4) is 0 Å². The standard InChI is InChI=1S/C13H12N2S2/c1-2-16-12-8-7-11(17-12)13-9-5-3-4-6-10(9)14-15-13/h3-8H,2H2,1H3,(H,14,15). The van der Waals surface area contributed by atoms with Crippen molar-refractivity contribution < 1.29 is 0 Å². The largest absolute Gasteiger partial charge is 0.277 e. The second kappa shape index (κ2) is 4.55. The second-order valence-corrected chi connectivity index (χ2v) is 6.32. The summed E-state index contributed by atoms with van der Waals surface area (Å²) in [6.07, 6.45) is 0. The van der Waals surface area contributed by atoms with E-state index in [4.69, 9.17) is 0 Å². The van der Waals surface area contributed by atoms with Crippen LogP contribution in [-0.4, -0.2) is 16.0 Å². The number of nitrogens with one attached hydrogen (secondary N) is 1. The van der Waals surface area contributed by atoms with Gasteiger partial charge in [0.1, 0.15) is 5.69 Å². The summed E-state index contributed by atoms with van der Waals surface area (Å²) < 4.78 is 1.36. The molecule has 4 heteroatoms. The summed E-state index contributed by atoms with van der Waals surface area (Å²) in [5.41, 5.74) is 2.16. The molecule has 86 valence electrons. The van der Waals surface area contributed by atoms with E-state index in [0.29, 0.717) is 0 Å². The zero-order valence-corrected chi connectivity index (χ0v) is 11.1. The van der Waals surface area contributed by atoms with Crippen LogP contribution in [0.1, 0.15) is 6.92 Å². The van der Waals surface area contributed by atoms with E-state index in [1.165, 1.54) is 14.5 Å². The number of hydrogen-bond acceptors (Lipinski definition) is 3. The van der Waals surface area contributed by atoms with E-state index in [-0.39, 0.29) is 0 Å². The number of rotatable bonds is 3. The van der Waals surface area contributed by atoms with Gasteiger partial charge in [0, 0.05) is 5.39 Å². The maximum atomic E-state index is 4.42. The summed E-state index contributed by atoms with van der Waals surface area (Å²) in [4.78, 5) is 1.23. The summed E-state index contributed by atoms with van der Waals surface area (Å²) in [6.45, 7) is 2.17. The van der Waals surface area contributed by atoms with Crippen molar-refractivity contribution >= 4 is 34.0 Å². The van der Waals surface area contributed by atoms with Crippen LogP contribution < -0.4 is 0 Å². The molecule has 0 spiro atoms. The molecule has 0 aliphatic rings. The second-order valence-electron chi connectivity index (χ2n) is 3.67. The molecule has 0 unspecified atom stereocenters. The van der Waals surface area contributed by atoms with Gasteiger partial charge in [-0.3, -0.25) is 5.10 Å². The molecule has 0 atom stereocenters. The van der Waals surface area contributed by atoms with Gasteiger partial charge in [0.05, 0.1) is 14.6 Å². The van der Waals surface area contributed by atoms with Gasteiger partial charge in [0.25, 0.3) is 0 Å². The monoisotopic (exact) mass is 260 g/mol. The van der Waals surface area contributed by atoms with Crippen LogP contribution in [0.2, 0.25) is 0 Å². The summed E-state index contributed by atoms with van der Waals surface area (Å²) in [7, 11) is 0. The topological polar surface area (TPSA) is 28.7 Å². The van der Waals surface area contributed by atoms with E-state index in [1.54, 1.807) is 0 Å². The van der Waals surface area contributed by atoms with E-state index in [2.05, 4.69) is 47.5 Å². The van der Waals surface area contributed by atoms with Gasteiger partial charge >= 0.3 is 0 Å². The number of fused-ring (bicyclic) bond motifs is 1. The molecule has 3 rings (SSSR count). The summed E-state index contributed by atoms with van der Waals surface area (Å²) in [5, 5.41) is 8.69. The highest BCUT2D eigenvalue weighted by Gasteiger charge is 2.09. The first-order chi connectivity index (χ1) is 8.38. The quantitative estimate of drug-likeness (QED) is 0.707. The molecule has 0 aliphatic heterocycles. The van der Waals surface area contributed by atoms with E-state index >= 15 is 0 Å². The van der Waals surface area contributed by atoms with Crippen LogP contribution in [-0.2, 0) is 0 Å². The summed E-state index contributed by atoms with van der Waals surface area (Å²) in [5.74, 6) is 1.11. The molecular formula is C13H12N2S2. The van der Waals surface area contributed by atoms with E-state index in [1.807, 2.05) is 29.2 Å². The Bertz CT molecular complexity index is 639. The minimum Gasteiger partial charge on any atom is -0.277 e. The lowest BCUT2D eigenvalue weighted by atomic mass is 10.2. The van der Waals surface area contributed by atoms with Crippen molar-refractivity contribution in [2.45, 2.75) is 11.1 Å². The Morgan fingerprint density at radius 1 is 1.24 bits per heavy atom. The first-order valence-electron chi connectivity index (χ1n) is 5.54. The molecule has 0 saturated carbocycles. The lowest BCUT2D eigenvalue weighted by Crippen LogP contribution is -1.71. The molecule has 1 N–H and O–H groups in total. The lowest BCUT2D eigenvalue weighted by Gasteiger charge is -1.92. The smallest absolute Gasteiger partial charge is 0.110 e. The third-order valence-electron chi connectivity index (χ3n) is 2.57. The first-order valence-corrected chi connectivity index (χ1v) is 7.35. The third-order valence-corrected chi connectivity index (χ3v) is 4.77. The highest BCUT2D eigenvalue weighted by Crippen LogP contribution is 2.35. The molecule has 1 aromatic carbocycles. The average Bonchev–Trinajstić information content (AvgIpc) is 2.95. The van der Waals surface area contributed by atoms with Crippen molar-refractivity contribution in [2.24, 2.45) is 0 Å². The molecule has 0 amide bonds. The van der Waals surface area contributed by atoms with Crippen LogP contribution in [0.4, 0.5) is 0 Å². The zero-order chi connectivity index (χ0) is 11.7. The Kier molecular flexibility index (Phi) is 2.91. The molecule has 2 nitrogen and oxygen atoms in total. The van der Waals surface area contributed by atoms with Crippen LogP contribution in [0.15, 0.2) is 40.6 Å². The van der Waals surface area contributed by atoms with E-state index in [0.717, 1.165) is 17.0 Å². The number of thiophene rings is 1. The summed E-state index contributed by atoms with van der Waals surface area (Å²) in [6, 6.07) is 12.6. The van der Waals surface area contributed by atoms with Crippen molar-refractivity contribution in [3.8, 4) is 10.6 Å². The number of nitrogens with zero attached hydrogens (tertiary/aromatic N) is 1. The van der Waals surface area contributed by atoms with Gasteiger partial charge in [-0.1, -0.05) is 25.1 Å². The third kappa shape index (κ3) is 1.98. The first kappa shape index (κ1) is 10.9. The van der Waals surface area contributed by atoms with Crippen LogP contribution in [0.25, 0.3) is 21.5 Å². The van der Waals surface area contributed by atoms with Crippen molar-refractivity contribution in [3.63, 3.8) is 0 Å². The molecule has 2 aromatic heterocycles. The SMILES string of the molecule is CCSc1ccc(-c2n[nH]c3ccccc23)s1. The lowest BCUT2D eigenvalue weighted by molar-refractivity contribution is 1.13. The van der Waals surface area contributed by atoms with Crippen molar-refractivity contribution in [3.05, 3.63) is 36.4 Å². The fourth-order valence-corrected chi connectivity index (χ4v) is 3.87. The Morgan fingerprint density at radius 2 is 2.12 bits per heavy atom. The number of aromatic amines is 1. The van der Waals surface area contributed by atoms with E-state index in [9.17, 15) is 0 Å². The molecule has 17 heavy (non-hydrogen) atoms. The molecule has 0 fully saturated rings. The molecular weight excluding hydrogens is 248 g/mol. The molecule has 3 aromatic rings. The predicted molar refractivity (Wildman–Crippen MR) is 75.8 cm³/mol. The fraction of sp³-hybridized carbons (Fsp3) is 0.154. The van der Waals surface area contributed by atoms with Gasteiger partial charge in [0.15, 0.2) is 0 Å². The number of aromatic nitrogens is 2. The number of H-pyrrole nitrogens is 1. The Labute approximate surface area is 108 Å². The van der Waals surface area contributed by atoms with Gasteiger partial charge in [-0.15, -0.1) is 23.1 Å². The van der Waals surface area contributed by atoms with Gasteiger partial charge in [-0.25, -0.2) is 0 Å². The number of hydrogen-bond donors (Lipinski definition) is 1. The average molecular weight is 260 g/mol. The molecule has 0 aliphatic carbocycles. The van der Waals surface area contributed by atoms with Gasteiger partial charge < -0.3 is 0 Å². The van der Waals surface area contributed by atoms with Gasteiger partial charge in [-0.05, 0) is 24.0 Å². The molecule has 0 radical (unpaired) electrons. The van der Waals surface area contributed by atoms with Crippen LogP contribution in [0.5, 0.6) is 0 Å². The minimum absolute atomic E-state index is 1.06. The number of benzene rings is 1. The zero-order valence-electron chi connectivity index (χ0n) is 9.43. The minimum atomic E-state index is 1.06. The summed E-state index contributed by atoms with van der Waals surface area (Å²) >= 11 is 3.69. The molecule has 2 heterocycles. The van der Waals surface area contributed by atoms with Gasteiger partial charge in [-0.2, -0.15) is 5.10 Å². The Hall–Kier alpha value is -1.26. The van der Waals surface area contributed by atoms with Crippen molar-refractivity contribution in [1.82, 2.24) is 10.2 Å². The van der Waals surface area contributed by atoms with Gasteiger partial charge in [0.2, 0.25) is 0 Å². The maximum Gasteiger partial charge on any atom is 0.110 e. The van der Waals surface area contributed by atoms with E-state index < -0.39 is 0 Å². The Balaban J connectivity index is 2.07. The molecule has 0 saturated heterocycles. The van der Waals surface area contributed by atoms with Crippen molar-refractivity contribution in [2.75, 3.05) is 5.75 Å². The Morgan fingerprint density at radius 3 is 3.00 bits per heavy atom. The van der Waals surface area contributed by atoms with Crippen molar-refractivity contribution in [1.29, 1.82) is 0 Å². The van der Waals surface area contributed by atoms with Crippen LogP contribution in [0, 0.1) is 0 Å². The maximum absolute atomic E-state index is 4.42. The van der Waals surface area contributed by atoms with Crippen LogP contribution >= 0.6 is 23.1 Å². The highest BCUT2D eigenvalue weighted by atomic mass is 32.2. The number of thioether (sulfide) groups is 1. The highest BCUT2D eigenvalue weighted by molar-refractivity contribution is 8.01. The normalized spacial score (nSPS) is 11.1. The number of para-hydroxylation sites is 1. The fourth-order valence-electron chi connectivity index (χ4n) is 1.82.